The number of rotatable bonds is 5. The van der Waals surface area contributed by atoms with Crippen LogP contribution in [-0.4, -0.2) is 28.2 Å². The van der Waals surface area contributed by atoms with Crippen molar-refractivity contribution in [2.24, 2.45) is 5.41 Å². The summed E-state index contributed by atoms with van der Waals surface area (Å²) in [7, 11) is 0. The predicted octanol–water partition coefficient (Wildman–Crippen LogP) is 2.12. The van der Waals surface area contributed by atoms with Crippen molar-refractivity contribution in [3.05, 3.63) is 17.0 Å². The molecule has 1 aromatic rings. The molecular formula is C11H18ClN3O. The molecule has 0 saturated carbocycles. The monoisotopic (exact) mass is 243 g/mol. The average Bonchev–Trinajstić information content (AvgIpc) is 2.26. The van der Waals surface area contributed by atoms with Crippen molar-refractivity contribution in [1.29, 1.82) is 0 Å². The Morgan fingerprint density at radius 3 is 2.69 bits per heavy atom. The minimum atomic E-state index is -0.177. The summed E-state index contributed by atoms with van der Waals surface area (Å²) in [5, 5.41) is 12.7. The molecule has 4 nitrogen and oxygen atoms in total. The Morgan fingerprint density at radius 2 is 2.12 bits per heavy atom. The molecule has 0 fully saturated rings. The second-order valence-corrected chi connectivity index (χ2v) is 4.91. The van der Waals surface area contributed by atoms with E-state index >= 15 is 0 Å². The SMILES string of the molecule is CCc1nc(Cl)cc(NCC(C)(C)CO)n1. The molecule has 0 saturated heterocycles. The number of nitrogens with zero attached hydrogens (tertiary/aromatic N) is 2. The van der Waals surface area contributed by atoms with Crippen molar-refractivity contribution in [3.8, 4) is 0 Å². The third-order valence-corrected chi connectivity index (χ3v) is 2.43. The highest BCUT2D eigenvalue weighted by atomic mass is 35.5. The quantitative estimate of drug-likeness (QED) is 0.778. The van der Waals surface area contributed by atoms with E-state index in [1.165, 1.54) is 0 Å². The Hall–Kier alpha value is -0.870. The molecule has 0 unspecified atom stereocenters. The summed E-state index contributed by atoms with van der Waals surface area (Å²) in [6.07, 6.45) is 0.749. The molecule has 0 radical (unpaired) electrons. The van der Waals surface area contributed by atoms with Gasteiger partial charge in [-0.2, -0.15) is 0 Å². The Morgan fingerprint density at radius 1 is 1.44 bits per heavy atom. The molecule has 90 valence electrons. The fourth-order valence-electron chi connectivity index (χ4n) is 1.10. The molecule has 0 aliphatic carbocycles. The molecular weight excluding hydrogens is 226 g/mol. The first-order chi connectivity index (χ1) is 7.46. The summed E-state index contributed by atoms with van der Waals surface area (Å²) in [6, 6.07) is 1.69. The van der Waals surface area contributed by atoms with Crippen molar-refractivity contribution < 1.29 is 5.11 Å². The molecule has 1 rings (SSSR count). The summed E-state index contributed by atoms with van der Waals surface area (Å²) >= 11 is 5.87. The fourth-order valence-corrected chi connectivity index (χ4v) is 1.30. The van der Waals surface area contributed by atoms with Gasteiger partial charge >= 0.3 is 0 Å². The van der Waals surface area contributed by atoms with Crippen LogP contribution in [0.3, 0.4) is 0 Å². The van der Waals surface area contributed by atoms with Gasteiger partial charge in [0.1, 0.15) is 16.8 Å². The highest BCUT2D eigenvalue weighted by molar-refractivity contribution is 6.29. The van der Waals surface area contributed by atoms with Gasteiger partial charge in [0.25, 0.3) is 0 Å². The van der Waals surface area contributed by atoms with Gasteiger partial charge in [-0.05, 0) is 0 Å². The largest absolute Gasteiger partial charge is 0.396 e. The summed E-state index contributed by atoms with van der Waals surface area (Å²) in [6.45, 7) is 6.69. The molecule has 0 aromatic carbocycles. The van der Waals surface area contributed by atoms with Crippen LogP contribution < -0.4 is 5.32 Å². The lowest BCUT2D eigenvalue weighted by molar-refractivity contribution is 0.170. The van der Waals surface area contributed by atoms with Gasteiger partial charge in [0.05, 0.1) is 0 Å². The number of hydrogen-bond acceptors (Lipinski definition) is 4. The van der Waals surface area contributed by atoms with Crippen molar-refractivity contribution >= 4 is 17.4 Å². The molecule has 0 atom stereocenters. The maximum Gasteiger partial charge on any atom is 0.134 e. The molecule has 1 aromatic heterocycles. The van der Waals surface area contributed by atoms with Crippen LogP contribution in [0.1, 0.15) is 26.6 Å². The molecule has 16 heavy (non-hydrogen) atoms. The van der Waals surface area contributed by atoms with Gasteiger partial charge in [-0.25, -0.2) is 9.97 Å². The lowest BCUT2D eigenvalue weighted by atomic mass is 9.95. The third-order valence-electron chi connectivity index (χ3n) is 2.23. The highest BCUT2D eigenvalue weighted by Crippen LogP contribution is 2.16. The van der Waals surface area contributed by atoms with E-state index in [1.54, 1.807) is 6.07 Å². The number of aliphatic hydroxyl groups excluding tert-OH is 1. The van der Waals surface area contributed by atoms with E-state index in [0.29, 0.717) is 17.5 Å². The summed E-state index contributed by atoms with van der Waals surface area (Å²) < 4.78 is 0. The zero-order chi connectivity index (χ0) is 12.2. The van der Waals surface area contributed by atoms with Crippen LogP contribution in [-0.2, 0) is 6.42 Å². The minimum Gasteiger partial charge on any atom is -0.396 e. The normalized spacial score (nSPS) is 11.6. The van der Waals surface area contributed by atoms with Crippen LogP contribution >= 0.6 is 11.6 Å². The molecule has 2 N–H and O–H groups in total. The van der Waals surface area contributed by atoms with Crippen LogP contribution in [0.15, 0.2) is 6.07 Å². The van der Waals surface area contributed by atoms with Crippen LogP contribution in [0.2, 0.25) is 5.15 Å². The standard InChI is InChI=1S/C11H18ClN3O/c1-4-9-14-8(12)5-10(15-9)13-6-11(2,3)7-16/h5,16H,4,6-7H2,1-3H3,(H,13,14,15). The van der Waals surface area contributed by atoms with E-state index < -0.39 is 0 Å². The van der Waals surface area contributed by atoms with Gasteiger partial charge in [-0.1, -0.05) is 32.4 Å². The number of aliphatic hydroxyl groups is 1. The highest BCUT2D eigenvalue weighted by Gasteiger charge is 2.16. The van der Waals surface area contributed by atoms with Gasteiger partial charge < -0.3 is 10.4 Å². The molecule has 1 heterocycles. The Balaban J connectivity index is 2.70. The average molecular weight is 244 g/mol. The molecule has 0 spiro atoms. The smallest absolute Gasteiger partial charge is 0.134 e. The molecule has 0 aliphatic rings. The summed E-state index contributed by atoms with van der Waals surface area (Å²) in [5.74, 6) is 1.43. The maximum atomic E-state index is 9.13. The molecule has 0 amide bonds. The topological polar surface area (TPSA) is 58.0 Å². The van der Waals surface area contributed by atoms with Gasteiger partial charge in [0, 0.05) is 31.1 Å². The van der Waals surface area contributed by atoms with Crippen LogP contribution in [0.5, 0.6) is 0 Å². The summed E-state index contributed by atoms with van der Waals surface area (Å²) in [5.41, 5.74) is -0.177. The first kappa shape index (κ1) is 13.2. The van der Waals surface area contributed by atoms with Crippen molar-refractivity contribution in [2.45, 2.75) is 27.2 Å². The first-order valence-electron chi connectivity index (χ1n) is 5.35. The lowest BCUT2D eigenvalue weighted by Crippen LogP contribution is -2.27. The molecule has 5 heteroatoms. The van der Waals surface area contributed by atoms with Gasteiger partial charge in [0.15, 0.2) is 0 Å². The van der Waals surface area contributed by atoms with E-state index in [1.807, 2.05) is 20.8 Å². The second kappa shape index (κ2) is 5.46. The summed E-state index contributed by atoms with van der Waals surface area (Å²) in [4.78, 5) is 8.38. The van der Waals surface area contributed by atoms with E-state index in [2.05, 4.69) is 15.3 Å². The van der Waals surface area contributed by atoms with Gasteiger partial charge in [0.2, 0.25) is 0 Å². The lowest BCUT2D eigenvalue weighted by Gasteiger charge is -2.22. The fraction of sp³-hybridized carbons (Fsp3) is 0.636. The number of nitrogens with one attached hydrogen (secondary N) is 1. The van der Waals surface area contributed by atoms with E-state index in [9.17, 15) is 0 Å². The number of halogens is 1. The maximum absolute atomic E-state index is 9.13. The molecule has 0 bridgehead atoms. The van der Waals surface area contributed by atoms with E-state index in [-0.39, 0.29) is 12.0 Å². The minimum absolute atomic E-state index is 0.124. The zero-order valence-electron chi connectivity index (χ0n) is 9.92. The number of hydrogen-bond donors (Lipinski definition) is 2. The van der Waals surface area contributed by atoms with Crippen LogP contribution in [0.4, 0.5) is 5.82 Å². The van der Waals surface area contributed by atoms with Crippen molar-refractivity contribution in [1.82, 2.24) is 9.97 Å². The van der Waals surface area contributed by atoms with Crippen LogP contribution in [0.25, 0.3) is 0 Å². The Kier molecular flexibility index (Phi) is 4.50. The second-order valence-electron chi connectivity index (χ2n) is 4.52. The van der Waals surface area contributed by atoms with Crippen LogP contribution in [0, 0.1) is 5.41 Å². The Bertz CT molecular complexity index is 355. The van der Waals surface area contributed by atoms with Gasteiger partial charge in [-0.15, -0.1) is 0 Å². The first-order valence-corrected chi connectivity index (χ1v) is 5.73. The Labute approximate surface area is 101 Å². The van der Waals surface area contributed by atoms with Crippen molar-refractivity contribution in [3.63, 3.8) is 0 Å². The zero-order valence-corrected chi connectivity index (χ0v) is 10.7. The van der Waals surface area contributed by atoms with Gasteiger partial charge in [-0.3, -0.25) is 0 Å². The van der Waals surface area contributed by atoms with E-state index in [0.717, 1.165) is 12.2 Å². The third kappa shape index (κ3) is 3.94. The number of anilines is 1. The van der Waals surface area contributed by atoms with Crippen molar-refractivity contribution in [2.75, 3.05) is 18.5 Å². The predicted molar refractivity (Wildman–Crippen MR) is 65.8 cm³/mol. The number of aryl methyl sites for hydroxylation is 1. The number of aromatic nitrogens is 2. The van der Waals surface area contributed by atoms with E-state index in [4.69, 9.17) is 16.7 Å². The molecule has 0 aliphatic heterocycles.